The molecule has 29 heavy (non-hydrogen) atoms. The Labute approximate surface area is 171 Å². The number of nitrogens with one attached hydrogen (secondary N) is 1. The van der Waals surface area contributed by atoms with Crippen LogP contribution in [0.5, 0.6) is 0 Å². The lowest BCUT2D eigenvalue weighted by Gasteiger charge is -2.18. The van der Waals surface area contributed by atoms with Crippen LogP contribution in [0.1, 0.15) is 24.4 Å². The smallest absolute Gasteiger partial charge is 0.261 e. The Morgan fingerprint density at radius 1 is 1.17 bits per heavy atom. The molecule has 7 heteroatoms. The first kappa shape index (κ1) is 18.3. The van der Waals surface area contributed by atoms with Gasteiger partial charge in [0.15, 0.2) is 0 Å². The highest BCUT2D eigenvalue weighted by molar-refractivity contribution is 6.30. The first-order chi connectivity index (χ1) is 14.0. The van der Waals surface area contributed by atoms with Gasteiger partial charge in [-0.15, -0.1) is 0 Å². The second kappa shape index (κ2) is 6.95. The molecule has 2 saturated carbocycles. The zero-order valence-electron chi connectivity index (χ0n) is 15.5. The van der Waals surface area contributed by atoms with E-state index in [1.807, 2.05) is 12.1 Å². The van der Waals surface area contributed by atoms with Gasteiger partial charge in [-0.1, -0.05) is 23.7 Å². The van der Waals surface area contributed by atoms with Crippen molar-refractivity contribution in [1.82, 2.24) is 14.9 Å². The monoisotopic (exact) mass is 411 g/mol. The quantitative estimate of drug-likeness (QED) is 0.714. The largest absolute Gasteiger partial charge is 0.353 e. The Hall–Kier alpha value is -2.73. The summed E-state index contributed by atoms with van der Waals surface area (Å²) in [4.78, 5) is 29.4. The molecule has 2 aliphatic rings. The molecule has 2 unspecified atom stereocenters. The number of carbonyl (C=O) groups is 1. The van der Waals surface area contributed by atoms with Gasteiger partial charge in [0.05, 0.1) is 23.7 Å². The molecule has 0 radical (unpaired) electrons. The second-order valence-electron chi connectivity index (χ2n) is 7.97. The molecule has 2 aromatic carbocycles. The molecule has 148 valence electrons. The summed E-state index contributed by atoms with van der Waals surface area (Å²) in [6.45, 7) is 0. The molecule has 2 atom stereocenters. The summed E-state index contributed by atoms with van der Waals surface area (Å²) in [5.41, 5.74) is 1.23. The fourth-order valence-electron chi connectivity index (χ4n) is 4.65. The van der Waals surface area contributed by atoms with Gasteiger partial charge in [0.25, 0.3) is 5.56 Å². The van der Waals surface area contributed by atoms with Crippen molar-refractivity contribution in [3.8, 4) is 0 Å². The molecule has 1 aromatic heterocycles. The second-order valence-corrected chi connectivity index (χ2v) is 8.40. The highest BCUT2D eigenvalue weighted by Crippen LogP contribution is 2.55. The maximum Gasteiger partial charge on any atom is 0.261 e. The number of halogens is 2. The standard InChI is InChI=1S/C22H19ClFN3O2/c23-13-3-1-12(2-4-13)7-20(28)26-21-16-9-15(10-17(16)21)27-11-25-19-6-5-14(24)8-18(19)22(27)29/h1-6,8,11,15-17,21H,7,9-10H2,(H,26,28). The molecule has 2 fully saturated rings. The van der Waals surface area contributed by atoms with Crippen molar-refractivity contribution in [2.24, 2.45) is 11.8 Å². The molecular weight excluding hydrogens is 393 g/mol. The number of aromatic nitrogens is 2. The fraction of sp³-hybridized carbons (Fsp3) is 0.318. The van der Waals surface area contributed by atoms with Gasteiger partial charge in [0, 0.05) is 17.1 Å². The van der Waals surface area contributed by atoms with Crippen LogP contribution >= 0.6 is 11.6 Å². The third-order valence-corrected chi connectivity index (χ3v) is 6.42. The molecule has 5 nitrogen and oxygen atoms in total. The SMILES string of the molecule is O=C(Cc1ccc(Cl)cc1)NC1C2CC(n3cnc4ccc(F)cc4c3=O)CC21. The number of rotatable bonds is 4. The minimum atomic E-state index is -0.438. The van der Waals surface area contributed by atoms with Crippen LogP contribution in [0, 0.1) is 17.7 Å². The highest BCUT2D eigenvalue weighted by Gasteiger charge is 2.57. The summed E-state index contributed by atoms with van der Waals surface area (Å²) in [7, 11) is 0. The minimum absolute atomic E-state index is 0.00304. The van der Waals surface area contributed by atoms with E-state index in [9.17, 15) is 14.0 Å². The van der Waals surface area contributed by atoms with E-state index in [1.54, 1.807) is 23.0 Å². The Morgan fingerprint density at radius 2 is 1.90 bits per heavy atom. The number of fused-ring (bicyclic) bond motifs is 2. The van der Waals surface area contributed by atoms with Gasteiger partial charge in [-0.05, 0) is 60.6 Å². The van der Waals surface area contributed by atoms with E-state index < -0.39 is 5.82 Å². The van der Waals surface area contributed by atoms with Crippen LogP contribution in [0.2, 0.25) is 5.02 Å². The molecule has 0 bridgehead atoms. The topological polar surface area (TPSA) is 64.0 Å². The van der Waals surface area contributed by atoms with Gasteiger partial charge >= 0.3 is 0 Å². The molecule has 2 aliphatic carbocycles. The van der Waals surface area contributed by atoms with Crippen molar-refractivity contribution < 1.29 is 9.18 Å². The van der Waals surface area contributed by atoms with Crippen LogP contribution < -0.4 is 10.9 Å². The third-order valence-electron chi connectivity index (χ3n) is 6.16. The molecule has 1 N–H and O–H groups in total. The van der Waals surface area contributed by atoms with Crippen LogP contribution in [-0.2, 0) is 11.2 Å². The summed E-state index contributed by atoms with van der Waals surface area (Å²) < 4.78 is 15.1. The van der Waals surface area contributed by atoms with Crippen LogP contribution in [0.4, 0.5) is 4.39 Å². The Kier molecular flexibility index (Phi) is 4.39. The summed E-state index contributed by atoms with van der Waals surface area (Å²) in [5, 5.41) is 4.08. The lowest BCUT2D eigenvalue weighted by Crippen LogP contribution is -2.32. The van der Waals surface area contributed by atoms with Gasteiger partial charge in [0.1, 0.15) is 5.82 Å². The van der Waals surface area contributed by atoms with Gasteiger partial charge in [-0.2, -0.15) is 0 Å². The molecule has 5 rings (SSSR count). The van der Waals surface area contributed by atoms with Crippen molar-refractivity contribution in [1.29, 1.82) is 0 Å². The van der Waals surface area contributed by atoms with Crippen molar-refractivity contribution in [3.05, 3.63) is 75.5 Å². The average molecular weight is 412 g/mol. The first-order valence-corrected chi connectivity index (χ1v) is 10.1. The van der Waals surface area contributed by atoms with Gasteiger partial charge < -0.3 is 5.32 Å². The molecule has 1 amide bonds. The van der Waals surface area contributed by atoms with Gasteiger partial charge in [-0.25, -0.2) is 9.37 Å². The predicted octanol–water partition coefficient (Wildman–Crippen LogP) is 3.50. The summed E-state index contributed by atoms with van der Waals surface area (Å²) in [6, 6.07) is 11.6. The molecular formula is C22H19ClFN3O2. The summed E-state index contributed by atoms with van der Waals surface area (Å²) in [5.74, 6) is 0.323. The van der Waals surface area contributed by atoms with E-state index in [0.717, 1.165) is 18.4 Å². The average Bonchev–Trinajstić information content (AvgIpc) is 3.13. The summed E-state index contributed by atoms with van der Waals surface area (Å²) >= 11 is 5.87. The fourth-order valence-corrected chi connectivity index (χ4v) is 4.77. The molecule has 3 aromatic rings. The zero-order chi connectivity index (χ0) is 20.1. The minimum Gasteiger partial charge on any atom is -0.353 e. The number of benzene rings is 2. The normalized spacial score (nSPS) is 25.0. The molecule has 1 heterocycles. The molecule has 0 saturated heterocycles. The van der Waals surface area contributed by atoms with Crippen molar-refractivity contribution >= 4 is 28.4 Å². The lowest BCUT2D eigenvalue weighted by molar-refractivity contribution is -0.120. The van der Waals surface area contributed by atoms with Crippen molar-refractivity contribution in [2.45, 2.75) is 31.3 Å². The van der Waals surface area contributed by atoms with Crippen LogP contribution in [0.15, 0.2) is 53.6 Å². The van der Waals surface area contributed by atoms with E-state index in [-0.39, 0.29) is 23.6 Å². The number of nitrogens with zero attached hydrogens (tertiary/aromatic N) is 2. The highest BCUT2D eigenvalue weighted by atomic mass is 35.5. The van der Waals surface area contributed by atoms with Crippen LogP contribution in [-0.4, -0.2) is 21.5 Å². The number of carbonyl (C=O) groups excluding carboxylic acids is 1. The van der Waals surface area contributed by atoms with E-state index in [1.165, 1.54) is 18.2 Å². The van der Waals surface area contributed by atoms with Crippen LogP contribution in [0.3, 0.4) is 0 Å². The maximum absolute atomic E-state index is 13.5. The van der Waals surface area contributed by atoms with Crippen molar-refractivity contribution in [2.75, 3.05) is 0 Å². The maximum atomic E-state index is 13.5. The zero-order valence-corrected chi connectivity index (χ0v) is 16.3. The Bertz CT molecular complexity index is 1150. The van der Waals surface area contributed by atoms with E-state index in [2.05, 4.69) is 10.3 Å². The van der Waals surface area contributed by atoms with Gasteiger partial charge in [0.2, 0.25) is 5.91 Å². The van der Waals surface area contributed by atoms with Crippen LogP contribution in [0.25, 0.3) is 10.9 Å². The Morgan fingerprint density at radius 3 is 2.62 bits per heavy atom. The van der Waals surface area contributed by atoms with Crippen molar-refractivity contribution in [3.63, 3.8) is 0 Å². The lowest BCUT2D eigenvalue weighted by atomic mass is 10.1. The number of hydrogen-bond donors (Lipinski definition) is 1. The number of hydrogen-bond acceptors (Lipinski definition) is 3. The number of amides is 1. The van der Waals surface area contributed by atoms with Gasteiger partial charge in [-0.3, -0.25) is 14.2 Å². The first-order valence-electron chi connectivity index (χ1n) is 9.70. The Balaban J connectivity index is 1.23. The molecule has 0 spiro atoms. The molecule has 0 aliphatic heterocycles. The predicted molar refractivity (Wildman–Crippen MR) is 108 cm³/mol. The van der Waals surface area contributed by atoms with E-state index in [0.29, 0.717) is 34.2 Å². The third kappa shape index (κ3) is 3.42. The summed E-state index contributed by atoms with van der Waals surface area (Å²) in [6.07, 6.45) is 3.53. The van der Waals surface area contributed by atoms with E-state index in [4.69, 9.17) is 11.6 Å². The van der Waals surface area contributed by atoms with E-state index >= 15 is 0 Å².